The predicted molar refractivity (Wildman–Crippen MR) is 139 cm³/mol. The average Bonchev–Trinajstić information content (AvgIpc) is 2.85. The number of hydrogen-bond donors (Lipinski definition) is 3. The molecule has 3 N–H and O–H groups in total. The smallest absolute Gasteiger partial charge is 0.305 e. The van der Waals surface area contributed by atoms with Crippen LogP contribution in [0.5, 0.6) is 0 Å². The zero-order chi connectivity index (χ0) is 29.0. The zero-order valence-electron chi connectivity index (χ0n) is 23.2. The Kier molecular flexibility index (Phi) is 13.7. The van der Waals surface area contributed by atoms with Gasteiger partial charge in [0.2, 0.25) is 11.8 Å². The summed E-state index contributed by atoms with van der Waals surface area (Å²) in [5.74, 6) is -2.80. The van der Waals surface area contributed by atoms with E-state index in [9.17, 15) is 29.1 Å². The average molecular weight is 563 g/mol. The molecule has 0 radical (unpaired) electrons. The van der Waals surface area contributed by atoms with E-state index < -0.39 is 35.2 Å². The molecule has 1 saturated heterocycles. The molecule has 12 nitrogen and oxygen atoms in total. The van der Waals surface area contributed by atoms with Crippen molar-refractivity contribution < 1.29 is 48.0 Å². The van der Waals surface area contributed by atoms with E-state index in [2.05, 4.69) is 15.4 Å². The van der Waals surface area contributed by atoms with Crippen molar-refractivity contribution in [1.82, 2.24) is 10.6 Å². The van der Waals surface area contributed by atoms with Crippen LogP contribution in [0.4, 0.5) is 0 Å². The van der Waals surface area contributed by atoms with Crippen molar-refractivity contribution in [3.05, 3.63) is 0 Å². The third-order valence-electron chi connectivity index (χ3n) is 5.78. The van der Waals surface area contributed by atoms with Gasteiger partial charge in [-0.15, -0.1) is 0 Å². The normalized spacial score (nSPS) is 17.1. The lowest BCUT2D eigenvalue weighted by Gasteiger charge is -2.43. The number of aliphatic hydroxyl groups excluding tert-OH is 1. The number of amides is 2. The van der Waals surface area contributed by atoms with Crippen LogP contribution in [0.15, 0.2) is 0 Å². The van der Waals surface area contributed by atoms with E-state index in [4.69, 9.17) is 14.2 Å². The molecule has 0 unspecified atom stereocenters. The van der Waals surface area contributed by atoms with Crippen molar-refractivity contribution >= 4 is 40.6 Å². The van der Waals surface area contributed by atoms with E-state index in [1.54, 1.807) is 13.8 Å². The van der Waals surface area contributed by atoms with E-state index >= 15 is 0 Å². The molecular weight excluding hydrogens is 520 g/mol. The predicted octanol–water partition coefficient (Wildman–Crippen LogP) is 0.932. The maximum absolute atomic E-state index is 12.6. The van der Waals surface area contributed by atoms with Crippen LogP contribution < -0.4 is 10.6 Å². The summed E-state index contributed by atoms with van der Waals surface area (Å²) in [5, 5.41) is 15.2. The molecule has 38 heavy (non-hydrogen) atoms. The second-order valence-electron chi connectivity index (χ2n) is 10.7. The van der Waals surface area contributed by atoms with Gasteiger partial charge in [0, 0.05) is 49.4 Å². The summed E-state index contributed by atoms with van der Waals surface area (Å²) >= 11 is 1.02. The Morgan fingerprint density at radius 2 is 1.68 bits per heavy atom. The first-order valence-corrected chi connectivity index (χ1v) is 13.5. The minimum absolute atomic E-state index is 0.00514. The molecule has 1 heterocycles. The molecular formula is C25H42N2O10S. The quantitative estimate of drug-likeness (QED) is 0.192. The number of methoxy groups -OCH3 is 1. The summed E-state index contributed by atoms with van der Waals surface area (Å²) in [6.07, 6.45) is -1.23. The second kappa shape index (κ2) is 15.4. The van der Waals surface area contributed by atoms with E-state index in [0.717, 1.165) is 11.8 Å². The van der Waals surface area contributed by atoms with E-state index in [0.29, 0.717) is 19.0 Å². The van der Waals surface area contributed by atoms with Crippen LogP contribution in [-0.4, -0.2) is 91.6 Å². The fourth-order valence-electron chi connectivity index (χ4n) is 3.30. The van der Waals surface area contributed by atoms with Gasteiger partial charge >= 0.3 is 11.9 Å². The minimum atomic E-state index is -1.42. The molecule has 0 saturated carbocycles. The third kappa shape index (κ3) is 12.5. The highest BCUT2D eigenvalue weighted by atomic mass is 32.2. The molecule has 1 atom stereocenters. The van der Waals surface area contributed by atoms with Crippen molar-refractivity contribution in [2.24, 2.45) is 10.8 Å². The Balaban J connectivity index is 2.37. The van der Waals surface area contributed by atoms with Gasteiger partial charge in [0.1, 0.15) is 6.10 Å². The van der Waals surface area contributed by atoms with Gasteiger partial charge in [-0.05, 0) is 0 Å². The Labute approximate surface area is 228 Å². The molecule has 1 fully saturated rings. The summed E-state index contributed by atoms with van der Waals surface area (Å²) in [6, 6.07) is 0. The maximum atomic E-state index is 12.6. The number of esters is 2. The first kappa shape index (κ1) is 33.8. The van der Waals surface area contributed by atoms with Gasteiger partial charge in [0.15, 0.2) is 10.9 Å². The van der Waals surface area contributed by atoms with Crippen molar-refractivity contribution in [2.45, 2.75) is 72.2 Å². The molecule has 0 aromatic rings. The van der Waals surface area contributed by atoms with Crippen molar-refractivity contribution in [3.63, 3.8) is 0 Å². The lowest BCUT2D eigenvalue weighted by atomic mass is 9.87. The molecule has 0 bridgehead atoms. The van der Waals surface area contributed by atoms with Gasteiger partial charge in [-0.3, -0.25) is 24.0 Å². The van der Waals surface area contributed by atoms with Crippen molar-refractivity contribution in [3.8, 4) is 0 Å². The molecule has 0 spiro atoms. The summed E-state index contributed by atoms with van der Waals surface area (Å²) < 4.78 is 21.4. The molecule has 0 aromatic carbocycles. The van der Waals surface area contributed by atoms with E-state index in [1.165, 1.54) is 14.0 Å². The van der Waals surface area contributed by atoms with E-state index in [-0.39, 0.29) is 61.8 Å². The largest absolute Gasteiger partial charge is 0.469 e. The molecule has 218 valence electrons. The lowest BCUT2D eigenvalue weighted by Crippen LogP contribution is -2.48. The maximum Gasteiger partial charge on any atom is 0.305 e. The first-order valence-electron chi connectivity index (χ1n) is 12.5. The zero-order valence-corrected chi connectivity index (χ0v) is 24.0. The molecule has 2 amide bonds. The van der Waals surface area contributed by atoms with Crippen LogP contribution in [0.1, 0.15) is 60.3 Å². The number of carbonyl (C=O) groups is 5. The molecule has 13 heteroatoms. The Bertz CT molecular complexity index is 836. The molecule has 1 aliphatic rings. The van der Waals surface area contributed by atoms with Crippen LogP contribution in [0, 0.1) is 10.8 Å². The number of hydrogen-bond acceptors (Lipinski definition) is 11. The van der Waals surface area contributed by atoms with Gasteiger partial charge in [-0.1, -0.05) is 39.5 Å². The molecule has 0 aliphatic carbocycles. The lowest BCUT2D eigenvalue weighted by molar-refractivity contribution is -0.300. The Hall–Kier alpha value is -2.22. The van der Waals surface area contributed by atoms with Gasteiger partial charge in [0.25, 0.3) is 0 Å². The number of rotatable bonds is 15. The van der Waals surface area contributed by atoms with Gasteiger partial charge < -0.3 is 34.7 Å². The second-order valence-corrected chi connectivity index (χ2v) is 11.8. The SMILES string of the molecule is COC(=O)CCC1(CC(=O)SCCNC(=O)CCNC(=O)[C@H](O)C(C)(C)COC(C)=O)OCC(C)(C)CO1. The van der Waals surface area contributed by atoms with Crippen LogP contribution in [0.3, 0.4) is 0 Å². The molecule has 1 aliphatic heterocycles. The van der Waals surface area contributed by atoms with Crippen molar-refractivity contribution in [2.75, 3.05) is 45.8 Å². The highest BCUT2D eigenvalue weighted by molar-refractivity contribution is 8.13. The molecule has 1 rings (SSSR count). The number of thioether (sulfide) groups is 1. The topological polar surface area (TPSA) is 167 Å². The summed E-state index contributed by atoms with van der Waals surface area (Å²) in [6.45, 7) is 9.25. The summed E-state index contributed by atoms with van der Waals surface area (Å²) in [5.41, 5.74) is -1.20. The summed E-state index contributed by atoms with van der Waals surface area (Å²) in [4.78, 5) is 59.4. The van der Waals surface area contributed by atoms with Gasteiger partial charge in [-0.25, -0.2) is 0 Å². The Morgan fingerprint density at radius 3 is 2.26 bits per heavy atom. The van der Waals surface area contributed by atoms with Crippen LogP contribution in [0.2, 0.25) is 0 Å². The number of carbonyl (C=O) groups excluding carboxylic acids is 5. The van der Waals surface area contributed by atoms with Crippen LogP contribution in [0.25, 0.3) is 0 Å². The summed E-state index contributed by atoms with van der Waals surface area (Å²) in [7, 11) is 1.29. The highest BCUT2D eigenvalue weighted by Crippen LogP contribution is 2.36. The first-order chi connectivity index (χ1) is 17.6. The number of ether oxygens (including phenoxy) is 4. The van der Waals surface area contributed by atoms with Crippen molar-refractivity contribution in [1.29, 1.82) is 0 Å². The number of aliphatic hydroxyl groups is 1. The molecule has 0 aromatic heterocycles. The minimum Gasteiger partial charge on any atom is -0.469 e. The monoisotopic (exact) mass is 562 g/mol. The Morgan fingerprint density at radius 1 is 1.05 bits per heavy atom. The highest BCUT2D eigenvalue weighted by Gasteiger charge is 2.42. The standard InChI is InChI=1S/C25H42N2O10S/c1-17(28)35-16-24(4,5)21(32)22(33)27-10-8-18(29)26-11-12-38-20(31)13-25(9-7-19(30)34-6)36-14-23(2,3)15-37-25/h21,32H,7-16H2,1-6H3,(H,26,29)(H,27,33)/t21-/m0/s1. The van der Waals surface area contributed by atoms with E-state index in [1.807, 2.05) is 13.8 Å². The third-order valence-corrected chi connectivity index (χ3v) is 6.65. The van der Waals surface area contributed by atoms with Gasteiger partial charge in [0.05, 0.1) is 39.8 Å². The van der Waals surface area contributed by atoms with Gasteiger partial charge in [-0.2, -0.15) is 0 Å². The van der Waals surface area contributed by atoms with Crippen LogP contribution >= 0.6 is 11.8 Å². The fraction of sp³-hybridized carbons (Fsp3) is 0.800. The van der Waals surface area contributed by atoms with Crippen LogP contribution in [-0.2, 0) is 42.9 Å². The number of nitrogens with one attached hydrogen (secondary N) is 2. The fourth-order valence-corrected chi connectivity index (χ4v) is 4.05.